The van der Waals surface area contributed by atoms with Crippen molar-refractivity contribution < 1.29 is 14.3 Å². The lowest BCUT2D eigenvalue weighted by atomic mass is 10.1. The zero-order valence-corrected chi connectivity index (χ0v) is 15.2. The molecule has 0 atom stereocenters. The van der Waals surface area contributed by atoms with E-state index in [4.69, 9.17) is 9.47 Å². The fourth-order valence-electron chi connectivity index (χ4n) is 2.23. The minimum absolute atomic E-state index is 0.0245. The van der Waals surface area contributed by atoms with Gasteiger partial charge in [0.25, 0.3) is 5.91 Å². The molecule has 2 aromatic carbocycles. The molecular formula is C21H22N2O3. The number of nitriles is 1. The molecule has 2 rings (SSSR count). The van der Waals surface area contributed by atoms with E-state index in [2.05, 4.69) is 5.32 Å². The summed E-state index contributed by atoms with van der Waals surface area (Å²) >= 11 is 0. The van der Waals surface area contributed by atoms with Gasteiger partial charge >= 0.3 is 0 Å². The van der Waals surface area contributed by atoms with E-state index in [1.165, 1.54) is 0 Å². The number of hydrogen-bond acceptors (Lipinski definition) is 4. The predicted molar refractivity (Wildman–Crippen MR) is 102 cm³/mol. The fraction of sp³-hybridized carbons (Fsp3) is 0.238. The molecule has 0 saturated heterocycles. The Bertz CT molecular complexity index is 801. The van der Waals surface area contributed by atoms with Gasteiger partial charge < -0.3 is 14.8 Å². The van der Waals surface area contributed by atoms with Gasteiger partial charge in [-0.25, -0.2) is 0 Å². The highest BCUT2D eigenvalue weighted by Crippen LogP contribution is 2.18. The monoisotopic (exact) mass is 350 g/mol. The number of carbonyl (C=O) groups excluding carboxylic acids is 1. The van der Waals surface area contributed by atoms with Gasteiger partial charge in [-0.2, -0.15) is 5.26 Å². The third-order valence-corrected chi connectivity index (χ3v) is 3.35. The lowest BCUT2D eigenvalue weighted by Crippen LogP contribution is -2.13. The lowest BCUT2D eigenvalue weighted by molar-refractivity contribution is -0.112. The fourth-order valence-corrected chi connectivity index (χ4v) is 2.23. The lowest BCUT2D eigenvalue weighted by Gasteiger charge is -2.09. The largest absolute Gasteiger partial charge is 0.494 e. The Morgan fingerprint density at radius 2 is 1.73 bits per heavy atom. The van der Waals surface area contributed by atoms with Crippen molar-refractivity contribution in [1.29, 1.82) is 5.26 Å². The number of carbonyl (C=O) groups is 1. The molecule has 0 bridgehead atoms. The van der Waals surface area contributed by atoms with Crippen molar-refractivity contribution >= 4 is 17.7 Å². The zero-order valence-electron chi connectivity index (χ0n) is 15.2. The van der Waals surface area contributed by atoms with Gasteiger partial charge in [0.05, 0.1) is 12.7 Å². The minimum Gasteiger partial charge on any atom is -0.494 e. The SMILES string of the molecule is CCOc1ccc(NC(=O)/C(C#N)=C/c2ccc(OC(C)C)cc2)cc1. The van der Waals surface area contributed by atoms with Crippen LogP contribution in [0.15, 0.2) is 54.1 Å². The summed E-state index contributed by atoms with van der Waals surface area (Å²) in [7, 11) is 0. The standard InChI is InChI=1S/C21H22N2O3/c1-4-25-19-11-7-18(8-12-19)23-21(24)17(14-22)13-16-5-9-20(10-6-16)26-15(2)3/h5-13,15H,4H2,1-3H3,(H,23,24)/b17-13+. The summed E-state index contributed by atoms with van der Waals surface area (Å²) in [6.45, 7) is 6.38. The Morgan fingerprint density at radius 1 is 1.12 bits per heavy atom. The molecule has 0 heterocycles. The molecule has 2 aromatic rings. The van der Waals surface area contributed by atoms with E-state index in [-0.39, 0.29) is 11.7 Å². The summed E-state index contributed by atoms with van der Waals surface area (Å²) < 4.78 is 10.9. The molecule has 0 radical (unpaired) electrons. The maximum Gasteiger partial charge on any atom is 0.266 e. The van der Waals surface area contributed by atoms with E-state index in [1.807, 2.05) is 39.0 Å². The summed E-state index contributed by atoms with van der Waals surface area (Å²) in [5.74, 6) is 1.01. The molecule has 0 fully saturated rings. The van der Waals surface area contributed by atoms with E-state index in [0.717, 1.165) is 17.1 Å². The van der Waals surface area contributed by atoms with Crippen molar-refractivity contribution in [3.8, 4) is 17.6 Å². The van der Waals surface area contributed by atoms with E-state index in [1.54, 1.807) is 42.5 Å². The molecule has 1 amide bonds. The highest BCUT2D eigenvalue weighted by Gasteiger charge is 2.10. The third-order valence-electron chi connectivity index (χ3n) is 3.35. The van der Waals surface area contributed by atoms with Gasteiger partial charge in [0, 0.05) is 5.69 Å². The smallest absolute Gasteiger partial charge is 0.266 e. The second-order valence-electron chi connectivity index (χ2n) is 5.82. The van der Waals surface area contributed by atoms with Crippen LogP contribution in [-0.2, 0) is 4.79 Å². The molecule has 0 spiro atoms. The van der Waals surface area contributed by atoms with Gasteiger partial charge in [-0.1, -0.05) is 12.1 Å². The highest BCUT2D eigenvalue weighted by atomic mass is 16.5. The summed E-state index contributed by atoms with van der Waals surface area (Å²) in [6.07, 6.45) is 1.63. The summed E-state index contributed by atoms with van der Waals surface area (Å²) in [6, 6.07) is 16.2. The van der Waals surface area contributed by atoms with Crippen LogP contribution in [0.2, 0.25) is 0 Å². The molecule has 0 unspecified atom stereocenters. The summed E-state index contributed by atoms with van der Waals surface area (Å²) in [5.41, 5.74) is 1.37. The van der Waals surface area contributed by atoms with Gasteiger partial charge in [0.15, 0.2) is 0 Å². The van der Waals surface area contributed by atoms with Crippen molar-refractivity contribution in [2.45, 2.75) is 26.9 Å². The number of benzene rings is 2. The summed E-state index contributed by atoms with van der Waals surface area (Å²) in [5, 5.41) is 12.0. The van der Waals surface area contributed by atoms with Gasteiger partial charge in [-0.05, 0) is 68.8 Å². The molecule has 5 heteroatoms. The van der Waals surface area contributed by atoms with Crippen molar-refractivity contribution in [3.63, 3.8) is 0 Å². The number of hydrogen-bond donors (Lipinski definition) is 1. The Morgan fingerprint density at radius 3 is 2.27 bits per heavy atom. The van der Waals surface area contributed by atoms with Crippen molar-refractivity contribution in [3.05, 3.63) is 59.7 Å². The maximum atomic E-state index is 12.3. The normalized spacial score (nSPS) is 11.0. The first-order valence-corrected chi connectivity index (χ1v) is 8.44. The second kappa shape index (κ2) is 9.28. The third kappa shape index (κ3) is 5.67. The quantitative estimate of drug-likeness (QED) is 0.593. The van der Waals surface area contributed by atoms with Crippen molar-refractivity contribution in [1.82, 2.24) is 0 Å². The molecule has 26 heavy (non-hydrogen) atoms. The van der Waals surface area contributed by atoms with Crippen molar-refractivity contribution in [2.24, 2.45) is 0 Å². The Hall–Kier alpha value is -3.26. The topological polar surface area (TPSA) is 71.3 Å². The van der Waals surface area contributed by atoms with E-state index >= 15 is 0 Å². The van der Waals surface area contributed by atoms with Gasteiger partial charge in [-0.3, -0.25) is 4.79 Å². The first kappa shape index (κ1) is 19.1. The van der Waals surface area contributed by atoms with Crippen LogP contribution in [0.3, 0.4) is 0 Å². The number of anilines is 1. The Balaban J connectivity index is 2.07. The minimum atomic E-state index is -0.459. The van der Waals surface area contributed by atoms with E-state index < -0.39 is 5.91 Å². The van der Waals surface area contributed by atoms with Crippen LogP contribution in [0.5, 0.6) is 11.5 Å². The van der Waals surface area contributed by atoms with E-state index in [0.29, 0.717) is 12.3 Å². The number of amides is 1. The number of nitrogens with zero attached hydrogens (tertiary/aromatic N) is 1. The molecule has 0 aromatic heterocycles. The average Bonchev–Trinajstić information content (AvgIpc) is 2.62. The molecular weight excluding hydrogens is 328 g/mol. The van der Waals surface area contributed by atoms with Gasteiger partial charge in [0.2, 0.25) is 0 Å². The van der Waals surface area contributed by atoms with Crippen LogP contribution in [0.4, 0.5) is 5.69 Å². The second-order valence-corrected chi connectivity index (χ2v) is 5.82. The highest BCUT2D eigenvalue weighted by molar-refractivity contribution is 6.09. The molecule has 0 aliphatic carbocycles. The average molecular weight is 350 g/mol. The zero-order chi connectivity index (χ0) is 18.9. The van der Waals surface area contributed by atoms with Crippen LogP contribution in [-0.4, -0.2) is 18.6 Å². The van der Waals surface area contributed by atoms with Crippen LogP contribution in [0.25, 0.3) is 6.08 Å². The molecule has 0 aliphatic heterocycles. The van der Waals surface area contributed by atoms with E-state index in [9.17, 15) is 10.1 Å². The van der Waals surface area contributed by atoms with Crippen LogP contribution in [0.1, 0.15) is 26.3 Å². The Kier molecular flexibility index (Phi) is 6.81. The van der Waals surface area contributed by atoms with Gasteiger partial charge in [0.1, 0.15) is 23.1 Å². The first-order chi connectivity index (χ1) is 12.5. The van der Waals surface area contributed by atoms with Crippen LogP contribution in [0, 0.1) is 11.3 Å². The number of nitrogens with one attached hydrogen (secondary N) is 1. The van der Waals surface area contributed by atoms with Crippen LogP contribution >= 0.6 is 0 Å². The summed E-state index contributed by atoms with van der Waals surface area (Å²) in [4.78, 5) is 12.3. The molecule has 134 valence electrons. The maximum absolute atomic E-state index is 12.3. The number of rotatable bonds is 7. The molecule has 0 aliphatic rings. The Labute approximate surface area is 153 Å². The first-order valence-electron chi connectivity index (χ1n) is 8.44. The molecule has 5 nitrogen and oxygen atoms in total. The van der Waals surface area contributed by atoms with Gasteiger partial charge in [-0.15, -0.1) is 0 Å². The predicted octanol–water partition coefficient (Wildman–Crippen LogP) is 4.42. The van der Waals surface area contributed by atoms with Crippen LogP contribution < -0.4 is 14.8 Å². The molecule has 0 saturated carbocycles. The van der Waals surface area contributed by atoms with Crippen molar-refractivity contribution in [2.75, 3.05) is 11.9 Å². The molecule has 1 N–H and O–H groups in total. The number of ether oxygens (including phenoxy) is 2.